The van der Waals surface area contributed by atoms with Crippen LogP contribution in [0, 0.1) is 0 Å². The Labute approximate surface area is 247 Å². The Kier molecular flexibility index (Phi) is 6.81. The average molecular weight is 543 g/mol. The molecule has 204 valence electrons. The molecular weight excluding hydrogens is 508 g/mol. The van der Waals surface area contributed by atoms with Crippen LogP contribution in [0.4, 0.5) is 0 Å². The van der Waals surface area contributed by atoms with Crippen LogP contribution >= 0.6 is 0 Å². The zero-order valence-electron chi connectivity index (χ0n) is 23.9. The lowest BCUT2D eigenvalue weighted by Crippen LogP contribution is -2.02. The van der Waals surface area contributed by atoms with E-state index in [0.717, 1.165) is 30.7 Å². The predicted molar refractivity (Wildman–Crippen MR) is 180 cm³/mol. The number of fused-ring (bicyclic) bond motifs is 3. The molecule has 2 heteroatoms. The number of nitrogens with two attached hydrogens (primary N) is 1. The highest BCUT2D eigenvalue weighted by Gasteiger charge is 2.22. The summed E-state index contributed by atoms with van der Waals surface area (Å²) in [6, 6.07) is 35.7. The number of H-pyrrole nitrogens is 1. The predicted octanol–water partition coefficient (Wildman–Crippen LogP) is 10.2. The molecule has 1 aliphatic carbocycles. The fraction of sp³-hybridized carbons (Fsp3) is 0.100. The summed E-state index contributed by atoms with van der Waals surface area (Å²) in [5.74, 6) is 0. The van der Waals surface area contributed by atoms with Crippen LogP contribution in [0.5, 0.6) is 0 Å². The van der Waals surface area contributed by atoms with E-state index in [-0.39, 0.29) is 0 Å². The number of hydrogen-bond donors (Lipinski definition) is 2. The largest absolute Gasteiger partial charge is 0.402 e. The van der Waals surface area contributed by atoms with Gasteiger partial charge in [-0.2, -0.15) is 0 Å². The van der Waals surface area contributed by atoms with E-state index in [1.165, 1.54) is 66.1 Å². The molecule has 0 aliphatic heterocycles. The third-order valence-corrected chi connectivity index (χ3v) is 8.30. The van der Waals surface area contributed by atoms with Crippen LogP contribution in [-0.2, 0) is 12.8 Å². The van der Waals surface area contributed by atoms with Crippen LogP contribution in [-0.4, -0.2) is 4.98 Å². The molecule has 0 fully saturated rings. The van der Waals surface area contributed by atoms with Gasteiger partial charge in [0.05, 0.1) is 0 Å². The maximum atomic E-state index is 5.75. The van der Waals surface area contributed by atoms with E-state index in [1.807, 2.05) is 19.1 Å². The fourth-order valence-electron chi connectivity index (χ4n) is 6.36. The Morgan fingerprint density at radius 1 is 0.786 bits per heavy atom. The van der Waals surface area contributed by atoms with Crippen molar-refractivity contribution in [3.05, 3.63) is 150 Å². The molecule has 0 saturated carbocycles. The molecule has 1 aliphatic rings. The molecule has 1 aromatic heterocycles. The third kappa shape index (κ3) is 4.86. The summed E-state index contributed by atoms with van der Waals surface area (Å²) >= 11 is 0. The first-order valence-corrected chi connectivity index (χ1v) is 14.8. The molecule has 7 rings (SSSR count). The molecule has 0 atom stereocenters. The van der Waals surface area contributed by atoms with Gasteiger partial charge in [-0.1, -0.05) is 103 Å². The monoisotopic (exact) mass is 542 g/mol. The SMILES string of the molecule is C/C(N)=C/C=C\Cc1c[nH]c(-c2cccc(-c3c4c(c(-c5ccc6ccccc6c5)c5ccccc35)C=CCC4)c2)c1. The van der Waals surface area contributed by atoms with Crippen LogP contribution in [0.3, 0.4) is 0 Å². The highest BCUT2D eigenvalue weighted by Crippen LogP contribution is 2.45. The second kappa shape index (κ2) is 11.1. The fourth-order valence-corrected chi connectivity index (χ4v) is 6.36. The van der Waals surface area contributed by atoms with Crippen LogP contribution in [0.15, 0.2) is 133 Å². The first kappa shape index (κ1) is 25.9. The molecule has 6 aromatic rings. The summed E-state index contributed by atoms with van der Waals surface area (Å²) in [5.41, 5.74) is 18.2. The van der Waals surface area contributed by atoms with E-state index in [0.29, 0.717) is 0 Å². The Morgan fingerprint density at radius 2 is 1.55 bits per heavy atom. The lowest BCUT2D eigenvalue weighted by molar-refractivity contribution is 0.991. The molecule has 0 saturated heterocycles. The maximum absolute atomic E-state index is 5.75. The van der Waals surface area contributed by atoms with Crippen LogP contribution in [0.1, 0.15) is 30.0 Å². The lowest BCUT2D eigenvalue weighted by atomic mass is 9.80. The number of aromatic nitrogens is 1. The van der Waals surface area contributed by atoms with Gasteiger partial charge in [0, 0.05) is 17.6 Å². The standard InChI is InChI=1S/C40H34N2/c1-27(41)11-2-3-12-28-23-38(42-26-28)31-15-10-16-32(25-31)39-34-17-6-8-19-36(34)40(37-20-9-7-18-35(37)39)33-22-21-29-13-4-5-14-30(29)24-33/h2-6,8-11,13-17,19-26,42H,7,12,18,41H2,1H3/b3-2-,27-11-. The van der Waals surface area contributed by atoms with Crippen molar-refractivity contribution < 1.29 is 0 Å². The van der Waals surface area contributed by atoms with Gasteiger partial charge < -0.3 is 10.7 Å². The van der Waals surface area contributed by atoms with E-state index in [1.54, 1.807) is 0 Å². The van der Waals surface area contributed by atoms with Crippen molar-refractivity contribution in [2.45, 2.75) is 26.2 Å². The minimum absolute atomic E-state index is 0.813. The molecule has 0 spiro atoms. The summed E-state index contributed by atoms with van der Waals surface area (Å²) in [6.45, 7) is 1.90. The van der Waals surface area contributed by atoms with E-state index >= 15 is 0 Å². The van der Waals surface area contributed by atoms with Crippen LogP contribution in [0.2, 0.25) is 0 Å². The number of rotatable bonds is 6. The lowest BCUT2D eigenvalue weighted by Gasteiger charge is -2.24. The Hall–Kier alpha value is -5.08. The van der Waals surface area contributed by atoms with Gasteiger partial charge in [-0.05, 0) is 117 Å². The molecule has 2 nitrogen and oxygen atoms in total. The Balaban J connectivity index is 1.36. The van der Waals surface area contributed by atoms with E-state index in [9.17, 15) is 0 Å². The van der Waals surface area contributed by atoms with Gasteiger partial charge in [0.1, 0.15) is 0 Å². The van der Waals surface area contributed by atoms with Crippen molar-refractivity contribution >= 4 is 27.6 Å². The van der Waals surface area contributed by atoms with Gasteiger partial charge in [-0.3, -0.25) is 0 Å². The zero-order valence-corrected chi connectivity index (χ0v) is 23.9. The quantitative estimate of drug-likeness (QED) is 0.202. The zero-order chi connectivity index (χ0) is 28.5. The van der Waals surface area contributed by atoms with Crippen molar-refractivity contribution in [3.63, 3.8) is 0 Å². The van der Waals surface area contributed by atoms with Gasteiger partial charge in [-0.25, -0.2) is 0 Å². The Bertz CT molecular complexity index is 2030. The van der Waals surface area contributed by atoms with Crippen LogP contribution < -0.4 is 5.73 Å². The van der Waals surface area contributed by atoms with Gasteiger partial charge >= 0.3 is 0 Å². The summed E-state index contributed by atoms with van der Waals surface area (Å²) in [7, 11) is 0. The topological polar surface area (TPSA) is 41.8 Å². The molecule has 42 heavy (non-hydrogen) atoms. The molecular formula is C40H34N2. The van der Waals surface area contributed by atoms with Gasteiger partial charge in [0.15, 0.2) is 0 Å². The van der Waals surface area contributed by atoms with Crippen molar-refractivity contribution in [2.75, 3.05) is 0 Å². The van der Waals surface area contributed by atoms with Gasteiger partial charge in [0.25, 0.3) is 0 Å². The van der Waals surface area contributed by atoms with Gasteiger partial charge in [-0.15, -0.1) is 0 Å². The molecule has 0 amide bonds. The average Bonchev–Trinajstić information content (AvgIpc) is 3.51. The number of benzene rings is 5. The van der Waals surface area contributed by atoms with Crippen molar-refractivity contribution in [1.82, 2.24) is 4.98 Å². The summed E-state index contributed by atoms with van der Waals surface area (Å²) in [4.78, 5) is 3.51. The highest BCUT2D eigenvalue weighted by molar-refractivity contribution is 6.11. The molecule has 0 bridgehead atoms. The summed E-state index contributed by atoms with van der Waals surface area (Å²) < 4.78 is 0. The number of hydrogen-bond acceptors (Lipinski definition) is 1. The number of nitrogens with one attached hydrogen (secondary N) is 1. The molecule has 5 aromatic carbocycles. The molecule has 0 unspecified atom stereocenters. The third-order valence-electron chi connectivity index (χ3n) is 8.30. The second-order valence-corrected chi connectivity index (χ2v) is 11.2. The van der Waals surface area contributed by atoms with E-state index in [4.69, 9.17) is 5.73 Å². The maximum Gasteiger partial charge on any atom is 0.0457 e. The molecule has 1 heterocycles. The van der Waals surface area contributed by atoms with Crippen molar-refractivity contribution in [1.29, 1.82) is 0 Å². The first-order valence-electron chi connectivity index (χ1n) is 14.8. The Morgan fingerprint density at radius 3 is 2.40 bits per heavy atom. The normalized spacial score (nSPS) is 13.3. The van der Waals surface area contributed by atoms with Crippen LogP contribution in [0.25, 0.3) is 61.1 Å². The minimum atomic E-state index is 0.813. The van der Waals surface area contributed by atoms with E-state index < -0.39 is 0 Å². The van der Waals surface area contributed by atoms with Crippen molar-refractivity contribution in [2.24, 2.45) is 5.73 Å². The first-order chi connectivity index (χ1) is 20.7. The summed E-state index contributed by atoms with van der Waals surface area (Å²) in [5, 5.41) is 5.16. The minimum Gasteiger partial charge on any atom is -0.402 e. The summed E-state index contributed by atoms with van der Waals surface area (Å²) in [6.07, 6.45) is 15.8. The van der Waals surface area contributed by atoms with E-state index in [2.05, 4.69) is 126 Å². The smallest absolute Gasteiger partial charge is 0.0457 e. The second-order valence-electron chi connectivity index (χ2n) is 11.2. The van der Waals surface area contributed by atoms with Crippen molar-refractivity contribution in [3.8, 4) is 33.5 Å². The van der Waals surface area contributed by atoms with Gasteiger partial charge in [0.2, 0.25) is 0 Å². The molecule has 0 radical (unpaired) electrons. The number of allylic oxidation sites excluding steroid dienone is 5. The highest BCUT2D eigenvalue weighted by atomic mass is 14.7. The number of aromatic amines is 1. The molecule has 3 N–H and O–H groups in total.